The van der Waals surface area contributed by atoms with Gasteiger partial charge < -0.3 is 73.6 Å². The molecule has 23 atom stereocenters. The average Bonchev–Trinajstić information content (AvgIpc) is 1.62. The van der Waals surface area contributed by atoms with E-state index in [1.54, 1.807) is 27.7 Å². The molecule has 4 aliphatic heterocycles. The fourth-order valence-electron chi connectivity index (χ4n) is 19.7. The van der Waals surface area contributed by atoms with Crippen LogP contribution in [0.4, 0.5) is 0 Å². The molecule has 4 saturated carbocycles. The lowest BCUT2D eigenvalue weighted by atomic mass is 9.37. The largest absolute Gasteiger partial charge is 0.502 e. The first-order valence-electron chi connectivity index (χ1n) is 32.2. The van der Waals surface area contributed by atoms with E-state index in [1.165, 1.54) is 18.4 Å². The molecule has 6 aliphatic carbocycles. The Hall–Kier alpha value is -3.52. The van der Waals surface area contributed by atoms with Gasteiger partial charge in [0.05, 0.1) is 55.0 Å². The standard InChI is InChI=1S/C33H49BrO11.C30H44O9.C4H8O/c1-9-41-23(13-34)45-27-20(35)10-17(6)19-11-21-31-14-42-33(40,29(31)30(19,27)8)26(37)18(7)24(31)25(28(38)43-21)44-22(36)12-32(39,15(2)3)16(4)5;1-13(2)29(36,14(3)4)11-17(31)9-18-22-16(6)23(33)30(37)26-27(7)19(15(5)8-20(32)24(27)34)10-21(39-25(18)35)28(22,26)12-38-30;1-3-5-4-2/h10,15-16,18-19,21,23-27,29,37,39-40H,9,11-14H2,1-8H3;8,13-14,16,18-19,21-24,26,33-34,36-37H,9-12H2,1-7H3;3H,1,4H2,2H3/t18-,19+,21-,23?,24?,25?,26-,27-,29?,30-,31+,33+;16-,18?,19+,21-,22?,23-,24-,26?,27-,28+,30-;/m11./s1. The number of esters is 3. The molecule has 0 aromatic carbocycles. The maximum absolute atomic E-state index is 13.8. The molecule has 0 aromatic heterocycles. The van der Waals surface area contributed by atoms with Crippen LogP contribution in [0, 0.1) is 98.6 Å². The van der Waals surface area contributed by atoms with Crippen molar-refractivity contribution in [2.24, 2.45) is 98.6 Å². The Kier molecular flexibility index (Phi) is 20.3. The number of hydrogen-bond acceptors (Lipinski definition) is 21. The zero-order valence-corrected chi connectivity index (χ0v) is 56.4. The zero-order valence-electron chi connectivity index (χ0n) is 54.9. The first-order chi connectivity index (χ1) is 41.3. The molecule has 0 radical (unpaired) electrons. The summed E-state index contributed by atoms with van der Waals surface area (Å²) in [6.07, 6.45) is -4.64. The van der Waals surface area contributed by atoms with Gasteiger partial charge in [0.25, 0.3) is 0 Å². The Morgan fingerprint density at radius 1 is 0.719 bits per heavy atom. The molecule has 502 valence electrons. The van der Waals surface area contributed by atoms with Crippen LogP contribution >= 0.6 is 15.9 Å². The lowest BCUT2D eigenvalue weighted by Gasteiger charge is -2.68. The van der Waals surface area contributed by atoms with E-state index in [1.807, 2.05) is 83.1 Å². The molecule has 89 heavy (non-hydrogen) atoms. The fourth-order valence-corrected chi connectivity index (χ4v) is 20.1. The van der Waals surface area contributed by atoms with Gasteiger partial charge in [-0.15, -0.1) is 0 Å². The van der Waals surface area contributed by atoms with E-state index in [2.05, 4.69) is 27.2 Å². The molecule has 4 bridgehead atoms. The fraction of sp³-hybridized carbons (Fsp3) is 0.821. The molecule has 10 rings (SSSR count). The molecule has 22 heteroatoms. The van der Waals surface area contributed by atoms with Gasteiger partial charge in [-0.25, -0.2) is 4.79 Å². The number of ketones is 3. The summed E-state index contributed by atoms with van der Waals surface area (Å²) in [6, 6.07) is 0. The third kappa shape index (κ3) is 10.7. The highest BCUT2D eigenvalue weighted by atomic mass is 79.9. The Bertz CT molecular complexity index is 2780. The van der Waals surface area contributed by atoms with Crippen LogP contribution in [0.1, 0.15) is 143 Å². The maximum Gasteiger partial charge on any atom is 0.348 e. The van der Waals surface area contributed by atoms with Crippen LogP contribution in [-0.2, 0) is 66.7 Å². The lowest BCUT2D eigenvalue weighted by molar-refractivity contribution is -0.345. The van der Waals surface area contributed by atoms with Crippen LogP contribution in [0.5, 0.6) is 0 Å². The van der Waals surface area contributed by atoms with E-state index < -0.39 is 159 Å². The highest BCUT2D eigenvalue weighted by Crippen LogP contribution is 2.76. The van der Waals surface area contributed by atoms with E-state index in [-0.39, 0.29) is 79.6 Å². The number of halogens is 1. The second kappa shape index (κ2) is 25.3. The summed E-state index contributed by atoms with van der Waals surface area (Å²) in [5.41, 5.74) is -5.60. The van der Waals surface area contributed by atoms with E-state index in [9.17, 15) is 64.5 Å². The van der Waals surface area contributed by atoms with Gasteiger partial charge >= 0.3 is 17.9 Å². The third-order valence-electron chi connectivity index (χ3n) is 24.1. The van der Waals surface area contributed by atoms with Gasteiger partial charge in [0.2, 0.25) is 6.10 Å². The molecule has 4 saturated heterocycles. The monoisotopic (exact) mass is 1320 g/mol. The Balaban J connectivity index is 0.000000216. The van der Waals surface area contributed by atoms with E-state index in [0.29, 0.717) is 24.8 Å². The number of alkyl halides is 1. The Morgan fingerprint density at radius 3 is 1.65 bits per heavy atom. The van der Waals surface area contributed by atoms with Crippen molar-refractivity contribution in [2.45, 2.75) is 215 Å². The second-order valence-electron chi connectivity index (χ2n) is 29.4. The minimum Gasteiger partial charge on any atom is -0.502 e. The minimum absolute atomic E-state index is 0.0310. The molecular formula is C67H101BrO21. The molecule has 7 N–H and O–H groups in total. The molecule has 2 spiro atoms. The average molecular weight is 1320 g/mol. The Labute approximate surface area is 532 Å². The minimum atomic E-state index is -2.11. The number of aliphatic hydroxyl groups excluding tert-OH is 3. The van der Waals surface area contributed by atoms with Crippen LogP contribution in [0.2, 0.25) is 0 Å². The topological polar surface area (TPSA) is 318 Å². The molecule has 7 unspecified atom stereocenters. The van der Waals surface area contributed by atoms with Crippen molar-refractivity contribution in [3.8, 4) is 0 Å². The van der Waals surface area contributed by atoms with Gasteiger partial charge in [0.1, 0.15) is 42.4 Å². The van der Waals surface area contributed by atoms with Gasteiger partial charge in [-0.3, -0.25) is 24.0 Å². The van der Waals surface area contributed by atoms with Crippen molar-refractivity contribution in [1.29, 1.82) is 0 Å². The first kappa shape index (κ1) is 71.3. The van der Waals surface area contributed by atoms with Crippen molar-refractivity contribution in [3.63, 3.8) is 0 Å². The van der Waals surface area contributed by atoms with Crippen molar-refractivity contribution in [1.82, 2.24) is 0 Å². The number of aliphatic hydroxyl groups is 7. The summed E-state index contributed by atoms with van der Waals surface area (Å²) in [5.74, 6) is -14.5. The number of carbonyl (C=O) groups excluding carboxylic acids is 6. The number of allylic oxidation sites excluding steroid dienone is 2. The summed E-state index contributed by atoms with van der Waals surface area (Å²) in [4.78, 5) is 81.0. The predicted molar refractivity (Wildman–Crippen MR) is 324 cm³/mol. The van der Waals surface area contributed by atoms with E-state index in [4.69, 9.17) is 33.2 Å². The van der Waals surface area contributed by atoms with E-state index in [0.717, 1.165) is 17.8 Å². The van der Waals surface area contributed by atoms with Crippen molar-refractivity contribution < 1.29 is 102 Å². The van der Waals surface area contributed by atoms with Crippen LogP contribution in [0.15, 0.2) is 36.1 Å². The molecule has 10 aliphatic rings. The smallest absolute Gasteiger partial charge is 0.348 e. The molecular weight excluding hydrogens is 1220 g/mol. The number of rotatable bonds is 18. The van der Waals surface area contributed by atoms with Gasteiger partial charge in [-0.2, -0.15) is 0 Å². The maximum atomic E-state index is 13.8. The first-order valence-corrected chi connectivity index (χ1v) is 33.3. The number of carbonyl (C=O) groups is 6. The van der Waals surface area contributed by atoms with Gasteiger partial charge in [0, 0.05) is 58.9 Å². The zero-order chi connectivity index (χ0) is 66.6. The number of ether oxygens (including phenoxy) is 8. The molecule has 0 aromatic rings. The van der Waals surface area contributed by atoms with Crippen LogP contribution < -0.4 is 0 Å². The molecule has 21 nitrogen and oxygen atoms in total. The summed E-state index contributed by atoms with van der Waals surface area (Å²) < 4.78 is 47.1. The third-order valence-corrected chi connectivity index (χ3v) is 24.6. The van der Waals surface area contributed by atoms with E-state index >= 15 is 0 Å². The van der Waals surface area contributed by atoms with Crippen LogP contribution in [0.3, 0.4) is 0 Å². The van der Waals surface area contributed by atoms with Crippen LogP contribution in [-0.4, -0.2) is 175 Å². The number of Topliss-reactive ketones (excluding diaryl/α,β-unsaturated/α-hetero) is 1. The molecule has 4 heterocycles. The predicted octanol–water partition coefficient (Wildman–Crippen LogP) is 5.85. The summed E-state index contributed by atoms with van der Waals surface area (Å²) in [5, 5.41) is 81.8. The van der Waals surface area contributed by atoms with Gasteiger partial charge in [-0.05, 0) is 106 Å². The summed E-state index contributed by atoms with van der Waals surface area (Å²) >= 11 is 3.41. The highest BCUT2D eigenvalue weighted by Gasteiger charge is 2.85. The lowest BCUT2D eigenvalue weighted by Crippen LogP contribution is -2.78. The van der Waals surface area contributed by atoms with Gasteiger partial charge in [-0.1, -0.05) is 117 Å². The number of fused-ring (bicyclic) bond motifs is 2. The number of hydrogen-bond donors (Lipinski definition) is 7. The molecule has 8 fully saturated rings. The Morgan fingerprint density at radius 2 is 1.18 bits per heavy atom. The quantitative estimate of drug-likeness (QED) is 0.0278. The van der Waals surface area contributed by atoms with Crippen molar-refractivity contribution in [2.75, 3.05) is 31.8 Å². The summed E-state index contributed by atoms with van der Waals surface area (Å²) in [6.45, 7) is 33.5. The van der Waals surface area contributed by atoms with Gasteiger partial charge in [0.15, 0.2) is 29.4 Å². The summed E-state index contributed by atoms with van der Waals surface area (Å²) in [7, 11) is 0. The van der Waals surface area contributed by atoms with Crippen molar-refractivity contribution >= 4 is 51.2 Å². The normalized spacial score (nSPS) is 42.7. The SMILES string of the molecule is C=COCC.CC1=CC(=O)[C@@H](O)[C@]2(C)C3[C@]45CO[C@]3(O)[C@H](O)[C@H](C)C4C(CC(=O)CC(O)(C(C)C)C(C)C)C(=O)O[C@@H]5C[C@@H]12.CCOC(CBr)O[C@@H]1C(=O)C=C(C)[C@@H]2C[C@H]3OC(=O)C(OC(=O)CC(O)(C(C)C)C(C)C)C4[C@@H](C)[C@@H](O)[C@]5(O)OC[C@@]43C5[C@@]12C. The molecule has 0 amide bonds. The van der Waals surface area contributed by atoms with Crippen LogP contribution in [0.25, 0.3) is 0 Å². The highest BCUT2D eigenvalue weighted by molar-refractivity contribution is 9.09. The van der Waals surface area contributed by atoms with Crippen molar-refractivity contribution in [3.05, 3.63) is 36.1 Å². The second-order valence-corrected chi connectivity index (χ2v) is 30.0.